The lowest BCUT2D eigenvalue weighted by atomic mass is 9.99. The Bertz CT molecular complexity index is 849. The van der Waals surface area contributed by atoms with E-state index in [9.17, 15) is 9.90 Å². The monoisotopic (exact) mass is 335 g/mol. The minimum absolute atomic E-state index is 0.0237. The molecular weight excluding hydrogens is 314 g/mol. The molecule has 0 amide bonds. The second-order valence-corrected chi connectivity index (χ2v) is 6.86. The van der Waals surface area contributed by atoms with Gasteiger partial charge >= 0.3 is 0 Å². The van der Waals surface area contributed by atoms with Crippen molar-refractivity contribution in [3.63, 3.8) is 0 Å². The van der Waals surface area contributed by atoms with Crippen molar-refractivity contribution in [3.8, 4) is 11.5 Å². The van der Waals surface area contributed by atoms with E-state index in [-0.39, 0.29) is 11.5 Å². The average molecular weight is 335 g/mol. The molecule has 1 fully saturated rings. The van der Waals surface area contributed by atoms with E-state index in [1.54, 1.807) is 19.1 Å². The third-order valence-electron chi connectivity index (χ3n) is 5.04. The number of rotatable bonds is 3. The predicted octanol–water partition coefficient (Wildman–Crippen LogP) is 1.86. The van der Waals surface area contributed by atoms with Crippen LogP contribution in [-0.4, -0.2) is 18.9 Å². The molecule has 25 heavy (non-hydrogen) atoms. The molecule has 0 spiro atoms. The Labute approximate surface area is 147 Å². The lowest BCUT2D eigenvalue weighted by Crippen LogP contribution is -3.08. The molecule has 0 unspecified atom stereocenters. The number of likely N-dealkylation sites (tertiary alicyclic amines) is 1. The summed E-state index contributed by atoms with van der Waals surface area (Å²) in [6.45, 7) is 4.58. The minimum Gasteiger partial charge on any atom is -0.872 e. The van der Waals surface area contributed by atoms with Gasteiger partial charge in [0, 0.05) is 18.4 Å². The van der Waals surface area contributed by atoms with Crippen molar-refractivity contribution < 1.29 is 19.5 Å². The Hall–Kier alpha value is -2.59. The first-order chi connectivity index (χ1) is 12.1. The van der Waals surface area contributed by atoms with Gasteiger partial charge in [-0.15, -0.1) is 0 Å². The Morgan fingerprint density at radius 3 is 2.64 bits per heavy atom. The normalized spacial score (nSPS) is 18.6. The molecule has 2 aromatic carbocycles. The van der Waals surface area contributed by atoms with E-state index in [1.165, 1.54) is 17.7 Å². The number of ether oxygens (including phenoxy) is 1. The molecule has 4 rings (SSSR count). The first-order valence-corrected chi connectivity index (χ1v) is 8.80. The summed E-state index contributed by atoms with van der Waals surface area (Å²) in [5.41, 5.74) is 2.80. The predicted molar refractivity (Wildman–Crippen MR) is 93.6 cm³/mol. The molecule has 4 nitrogen and oxygen atoms in total. The standard InChI is InChI=1S/C21H21NO3/c1-14-11-17(23)16(13-22-9-5-6-10-22)21-19(14)20(24)18(25-21)12-15-7-3-2-4-8-15/h2-4,7-8,11-12,23H,5-6,9-10,13H2,1H3. The van der Waals surface area contributed by atoms with Crippen LogP contribution in [-0.2, 0) is 6.54 Å². The molecule has 1 saturated heterocycles. The maximum absolute atomic E-state index is 12.8. The Morgan fingerprint density at radius 2 is 1.92 bits per heavy atom. The molecule has 4 heteroatoms. The zero-order chi connectivity index (χ0) is 17.4. The number of fused-ring (bicyclic) bond motifs is 1. The largest absolute Gasteiger partial charge is 0.872 e. The van der Waals surface area contributed by atoms with Crippen molar-refractivity contribution in [3.05, 3.63) is 64.4 Å². The van der Waals surface area contributed by atoms with Crippen molar-refractivity contribution in [1.29, 1.82) is 0 Å². The van der Waals surface area contributed by atoms with Gasteiger partial charge < -0.3 is 14.7 Å². The summed E-state index contributed by atoms with van der Waals surface area (Å²) in [6.07, 6.45) is 4.13. The highest BCUT2D eigenvalue weighted by molar-refractivity contribution is 6.15. The summed E-state index contributed by atoms with van der Waals surface area (Å²) >= 11 is 0. The van der Waals surface area contributed by atoms with Crippen molar-refractivity contribution in [2.24, 2.45) is 0 Å². The van der Waals surface area contributed by atoms with Crippen LogP contribution in [0.3, 0.4) is 0 Å². The molecule has 2 aliphatic heterocycles. The smallest absolute Gasteiger partial charge is 0.232 e. The fraction of sp³-hybridized carbons (Fsp3) is 0.286. The van der Waals surface area contributed by atoms with E-state index in [0.29, 0.717) is 34.7 Å². The number of nitrogens with one attached hydrogen (secondary N) is 1. The van der Waals surface area contributed by atoms with E-state index in [4.69, 9.17) is 4.74 Å². The molecule has 2 aromatic rings. The van der Waals surface area contributed by atoms with Crippen molar-refractivity contribution in [2.45, 2.75) is 26.3 Å². The van der Waals surface area contributed by atoms with Crippen LogP contribution in [0.25, 0.3) is 6.08 Å². The number of quaternary nitrogens is 1. The average Bonchev–Trinajstić information content (AvgIpc) is 3.21. The molecule has 0 saturated carbocycles. The van der Waals surface area contributed by atoms with Crippen LogP contribution < -0.4 is 14.7 Å². The number of carbonyl (C=O) groups excluding carboxylic acids is 1. The topological polar surface area (TPSA) is 53.8 Å². The van der Waals surface area contributed by atoms with Gasteiger partial charge in [0.05, 0.1) is 18.7 Å². The summed E-state index contributed by atoms with van der Waals surface area (Å²) in [4.78, 5) is 14.2. The van der Waals surface area contributed by atoms with Crippen LogP contribution in [0.4, 0.5) is 0 Å². The Balaban J connectivity index is 1.73. The van der Waals surface area contributed by atoms with E-state index in [1.807, 2.05) is 30.3 Å². The number of carbonyl (C=O) groups is 1. The highest BCUT2D eigenvalue weighted by Crippen LogP contribution is 2.40. The van der Waals surface area contributed by atoms with Crippen LogP contribution in [0, 0.1) is 6.92 Å². The molecular formula is C21H21NO3. The summed E-state index contributed by atoms with van der Waals surface area (Å²) < 4.78 is 5.92. The SMILES string of the molecule is Cc1cc([O-])c(C[NH+]2CCCC2)c2c1C(=O)C(=Cc1ccccc1)O2. The zero-order valence-corrected chi connectivity index (χ0v) is 14.3. The van der Waals surface area contributed by atoms with Gasteiger partial charge in [0.15, 0.2) is 5.76 Å². The molecule has 0 aromatic heterocycles. The maximum Gasteiger partial charge on any atom is 0.232 e. The van der Waals surface area contributed by atoms with Gasteiger partial charge in [-0.1, -0.05) is 42.1 Å². The number of ketones is 1. The fourth-order valence-corrected chi connectivity index (χ4v) is 3.74. The maximum atomic E-state index is 12.8. The molecule has 0 atom stereocenters. The van der Waals surface area contributed by atoms with E-state index < -0.39 is 0 Å². The summed E-state index contributed by atoms with van der Waals surface area (Å²) in [7, 11) is 0. The van der Waals surface area contributed by atoms with Crippen molar-refractivity contribution in [1.82, 2.24) is 0 Å². The molecule has 1 N–H and O–H groups in total. The summed E-state index contributed by atoms with van der Waals surface area (Å²) in [6, 6.07) is 11.2. The highest BCUT2D eigenvalue weighted by Gasteiger charge is 2.33. The number of allylic oxidation sites excluding steroid dienone is 1. The fourth-order valence-electron chi connectivity index (χ4n) is 3.74. The number of Topliss-reactive ketones (excluding diaryl/α,β-unsaturated/α-hetero) is 1. The van der Waals surface area contributed by atoms with Crippen LogP contribution in [0.15, 0.2) is 42.2 Å². The number of aryl methyl sites for hydroxylation is 1. The third kappa shape index (κ3) is 2.94. The van der Waals surface area contributed by atoms with Gasteiger partial charge in [-0.05, 0) is 24.1 Å². The molecule has 0 bridgehead atoms. The lowest BCUT2D eigenvalue weighted by Gasteiger charge is -2.20. The Kier molecular flexibility index (Phi) is 4.06. The molecule has 0 aliphatic carbocycles. The second kappa shape index (κ2) is 6.37. The quantitative estimate of drug-likeness (QED) is 0.871. The Morgan fingerprint density at radius 1 is 1.20 bits per heavy atom. The van der Waals surface area contributed by atoms with Gasteiger partial charge in [-0.25, -0.2) is 0 Å². The lowest BCUT2D eigenvalue weighted by molar-refractivity contribution is -0.901. The van der Waals surface area contributed by atoms with Crippen molar-refractivity contribution in [2.75, 3.05) is 13.1 Å². The van der Waals surface area contributed by atoms with Crippen LogP contribution in [0.1, 0.15) is 39.9 Å². The van der Waals surface area contributed by atoms with Crippen LogP contribution >= 0.6 is 0 Å². The molecule has 0 radical (unpaired) electrons. The third-order valence-corrected chi connectivity index (χ3v) is 5.04. The minimum atomic E-state index is -0.131. The van der Waals surface area contributed by atoms with Gasteiger partial charge in [0.25, 0.3) is 0 Å². The number of benzene rings is 2. The van der Waals surface area contributed by atoms with Crippen LogP contribution in [0.5, 0.6) is 11.5 Å². The summed E-state index contributed by atoms with van der Waals surface area (Å²) in [5.74, 6) is 0.627. The van der Waals surface area contributed by atoms with Gasteiger partial charge in [0.1, 0.15) is 12.3 Å². The molecule has 2 aliphatic rings. The van der Waals surface area contributed by atoms with E-state index in [0.717, 1.165) is 18.7 Å². The van der Waals surface area contributed by atoms with Gasteiger partial charge in [-0.2, -0.15) is 0 Å². The molecule has 2 heterocycles. The van der Waals surface area contributed by atoms with Crippen LogP contribution in [0.2, 0.25) is 0 Å². The second-order valence-electron chi connectivity index (χ2n) is 6.86. The van der Waals surface area contributed by atoms with Gasteiger partial charge in [-0.3, -0.25) is 4.79 Å². The zero-order valence-electron chi connectivity index (χ0n) is 14.3. The molecule has 128 valence electrons. The highest BCUT2D eigenvalue weighted by atomic mass is 16.5. The number of hydrogen-bond acceptors (Lipinski definition) is 3. The van der Waals surface area contributed by atoms with E-state index in [2.05, 4.69) is 0 Å². The first-order valence-electron chi connectivity index (χ1n) is 8.80. The number of hydrogen-bond donors (Lipinski definition) is 1. The van der Waals surface area contributed by atoms with Crippen molar-refractivity contribution >= 4 is 11.9 Å². The summed E-state index contributed by atoms with van der Waals surface area (Å²) in [5, 5.41) is 12.5. The van der Waals surface area contributed by atoms with Gasteiger partial charge in [0.2, 0.25) is 5.78 Å². The first kappa shape index (κ1) is 15.9. The van der Waals surface area contributed by atoms with E-state index >= 15 is 0 Å².